The first-order valence-electron chi connectivity index (χ1n) is 9.55. The fraction of sp³-hybridized carbons (Fsp3) is 0.450. The normalized spacial score (nSPS) is 18.6. The Morgan fingerprint density at radius 3 is 2.11 bits per heavy atom. The van der Waals surface area contributed by atoms with Gasteiger partial charge >= 0.3 is 0 Å². The summed E-state index contributed by atoms with van der Waals surface area (Å²) in [6.45, 7) is 7.01. The Kier molecular flexibility index (Phi) is 5.20. The molecular formula is C20H26N6O. The van der Waals surface area contributed by atoms with Crippen LogP contribution in [0.2, 0.25) is 0 Å². The van der Waals surface area contributed by atoms with Crippen LogP contribution in [0, 0.1) is 0 Å². The lowest BCUT2D eigenvalue weighted by molar-refractivity contribution is 0.0658. The molecule has 0 aliphatic carbocycles. The molecule has 0 saturated carbocycles. The number of likely N-dealkylation sites (N-methyl/N-ethyl adjacent to an activating group) is 1. The van der Waals surface area contributed by atoms with Crippen molar-refractivity contribution in [3.05, 3.63) is 48.4 Å². The SMILES string of the molecule is CN1CCN(C(=O)c2cnc(N3CCN(c4ccccc4)CC3)cn2)CC1. The molecule has 0 N–H and O–H groups in total. The highest BCUT2D eigenvalue weighted by Crippen LogP contribution is 2.18. The Balaban J connectivity index is 1.35. The van der Waals surface area contributed by atoms with E-state index in [-0.39, 0.29) is 5.91 Å². The van der Waals surface area contributed by atoms with Crippen molar-refractivity contribution >= 4 is 17.4 Å². The van der Waals surface area contributed by atoms with Gasteiger partial charge in [-0.15, -0.1) is 0 Å². The summed E-state index contributed by atoms with van der Waals surface area (Å²) < 4.78 is 0. The second-order valence-corrected chi connectivity index (χ2v) is 7.16. The summed E-state index contributed by atoms with van der Waals surface area (Å²) in [5.41, 5.74) is 1.70. The van der Waals surface area contributed by atoms with Crippen LogP contribution in [-0.4, -0.2) is 85.1 Å². The lowest BCUT2D eigenvalue weighted by Crippen LogP contribution is -2.47. The Labute approximate surface area is 160 Å². The second-order valence-electron chi connectivity index (χ2n) is 7.16. The van der Waals surface area contributed by atoms with E-state index in [0.717, 1.165) is 58.2 Å². The average molecular weight is 366 g/mol. The van der Waals surface area contributed by atoms with E-state index in [1.54, 1.807) is 12.4 Å². The van der Waals surface area contributed by atoms with Crippen molar-refractivity contribution in [2.24, 2.45) is 0 Å². The molecule has 0 unspecified atom stereocenters. The Bertz CT molecular complexity index is 750. The molecule has 2 aliphatic heterocycles. The first kappa shape index (κ1) is 17.7. The topological polar surface area (TPSA) is 55.8 Å². The summed E-state index contributed by atoms with van der Waals surface area (Å²) in [7, 11) is 2.08. The summed E-state index contributed by atoms with van der Waals surface area (Å²) in [6, 6.07) is 10.5. The molecule has 0 atom stereocenters. The number of carbonyl (C=O) groups is 1. The fourth-order valence-electron chi connectivity index (χ4n) is 3.60. The quantitative estimate of drug-likeness (QED) is 0.813. The van der Waals surface area contributed by atoms with Crippen LogP contribution in [0.5, 0.6) is 0 Å². The lowest BCUT2D eigenvalue weighted by atomic mass is 10.2. The average Bonchev–Trinajstić information content (AvgIpc) is 2.75. The highest BCUT2D eigenvalue weighted by Gasteiger charge is 2.23. The van der Waals surface area contributed by atoms with E-state index in [0.29, 0.717) is 5.69 Å². The van der Waals surface area contributed by atoms with Crippen LogP contribution in [0.4, 0.5) is 11.5 Å². The Hall–Kier alpha value is -2.67. The zero-order valence-electron chi connectivity index (χ0n) is 15.8. The number of hydrogen-bond donors (Lipinski definition) is 0. The van der Waals surface area contributed by atoms with Crippen molar-refractivity contribution in [3.8, 4) is 0 Å². The number of aromatic nitrogens is 2. The molecule has 142 valence electrons. The molecule has 1 aromatic carbocycles. The highest BCUT2D eigenvalue weighted by atomic mass is 16.2. The van der Waals surface area contributed by atoms with Gasteiger partial charge in [0.2, 0.25) is 0 Å². The lowest BCUT2D eigenvalue weighted by Gasteiger charge is -2.36. The number of piperazine rings is 2. The van der Waals surface area contributed by atoms with Crippen molar-refractivity contribution in [2.45, 2.75) is 0 Å². The minimum atomic E-state index is -0.0175. The van der Waals surface area contributed by atoms with Gasteiger partial charge in [0.1, 0.15) is 11.5 Å². The maximum atomic E-state index is 12.6. The van der Waals surface area contributed by atoms with Crippen LogP contribution in [0.1, 0.15) is 10.5 Å². The predicted octanol–water partition coefficient (Wildman–Crippen LogP) is 1.19. The van der Waals surface area contributed by atoms with Crippen molar-refractivity contribution < 1.29 is 4.79 Å². The monoisotopic (exact) mass is 366 g/mol. The first-order valence-corrected chi connectivity index (χ1v) is 9.55. The molecule has 7 nitrogen and oxygen atoms in total. The summed E-state index contributed by atoms with van der Waals surface area (Å²) in [6.07, 6.45) is 3.36. The number of anilines is 2. The molecular weight excluding hydrogens is 340 g/mol. The number of rotatable bonds is 3. The molecule has 0 radical (unpaired) electrons. The molecule has 7 heteroatoms. The highest BCUT2D eigenvalue weighted by molar-refractivity contribution is 5.92. The van der Waals surface area contributed by atoms with Gasteiger partial charge in [0.05, 0.1) is 12.4 Å². The number of amides is 1. The van der Waals surface area contributed by atoms with Crippen molar-refractivity contribution in [1.82, 2.24) is 19.8 Å². The Morgan fingerprint density at radius 1 is 0.815 bits per heavy atom. The molecule has 1 aromatic heterocycles. The standard InChI is InChI=1S/C20H26N6O/c1-23-7-9-26(10-8-23)20(27)18-15-22-19(16-21-18)25-13-11-24(12-14-25)17-5-3-2-4-6-17/h2-6,15-16H,7-14H2,1H3. The molecule has 2 saturated heterocycles. The van der Waals surface area contributed by atoms with Gasteiger partial charge in [0.15, 0.2) is 0 Å². The molecule has 3 heterocycles. The molecule has 2 aromatic rings. The van der Waals surface area contributed by atoms with Crippen LogP contribution in [-0.2, 0) is 0 Å². The number of carbonyl (C=O) groups excluding carboxylic acids is 1. The predicted molar refractivity (Wildman–Crippen MR) is 106 cm³/mol. The maximum absolute atomic E-state index is 12.6. The maximum Gasteiger partial charge on any atom is 0.274 e. The number of para-hydroxylation sites is 1. The van der Waals surface area contributed by atoms with E-state index in [4.69, 9.17) is 0 Å². The second kappa shape index (κ2) is 7.92. The van der Waals surface area contributed by atoms with E-state index in [9.17, 15) is 4.79 Å². The minimum absolute atomic E-state index is 0.0175. The van der Waals surface area contributed by atoms with Crippen LogP contribution in [0.25, 0.3) is 0 Å². The van der Waals surface area contributed by atoms with Crippen LogP contribution in [0.15, 0.2) is 42.7 Å². The smallest absolute Gasteiger partial charge is 0.274 e. The van der Waals surface area contributed by atoms with E-state index < -0.39 is 0 Å². The molecule has 2 aliphatic rings. The van der Waals surface area contributed by atoms with Gasteiger partial charge in [-0.25, -0.2) is 9.97 Å². The molecule has 0 bridgehead atoms. The summed E-state index contributed by atoms with van der Waals surface area (Å²) >= 11 is 0. The number of hydrogen-bond acceptors (Lipinski definition) is 6. The van der Waals surface area contributed by atoms with Gasteiger partial charge < -0.3 is 19.6 Å². The first-order chi connectivity index (χ1) is 13.2. The van der Waals surface area contributed by atoms with Crippen LogP contribution < -0.4 is 9.80 Å². The molecule has 27 heavy (non-hydrogen) atoms. The van der Waals surface area contributed by atoms with E-state index >= 15 is 0 Å². The minimum Gasteiger partial charge on any atom is -0.368 e. The van der Waals surface area contributed by atoms with E-state index in [1.807, 2.05) is 11.0 Å². The molecule has 2 fully saturated rings. The van der Waals surface area contributed by atoms with Crippen LogP contribution >= 0.6 is 0 Å². The zero-order chi connectivity index (χ0) is 18.6. The Morgan fingerprint density at radius 2 is 1.48 bits per heavy atom. The van der Waals surface area contributed by atoms with Crippen LogP contribution in [0.3, 0.4) is 0 Å². The van der Waals surface area contributed by atoms with Crippen molar-refractivity contribution in [1.29, 1.82) is 0 Å². The van der Waals surface area contributed by atoms with Gasteiger partial charge in [-0.2, -0.15) is 0 Å². The third-order valence-electron chi connectivity index (χ3n) is 5.37. The number of nitrogens with zero attached hydrogens (tertiary/aromatic N) is 6. The van der Waals surface area contributed by atoms with Crippen molar-refractivity contribution in [3.63, 3.8) is 0 Å². The third kappa shape index (κ3) is 4.03. The van der Waals surface area contributed by atoms with Gasteiger partial charge in [-0.3, -0.25) is 4.79 Å². The molecule has 1 amide bonds. The summed E-state index contributed by atoms with van der Waals surface area (Å²) in [5, 5.41) is 0. The largest absolute Gasteiger partial charge is 0.368 e. The van der Waals surface area contributed by atoms with Gasteiger partial charge in [-0.05, 0) is 19.2 Å². The van der Waals surface area contributed by atoms with Crippen molar-refractivity contribution in [2.75, 3.05) is 69.2 Å². The fourth-order valence-corrected chi connectivity index (χ4v) is 3.60. The molecule has 0 spiro atoms. The number of benzene rings is 1. The van der Waals surface area contributed by atoms with Gasteiger partial charge in [-0.1, -0.05) is 18.2 Å². The van der Waals surface area contributed by atoms with Gasteiger partial charge in [0.25, 0.3) is 5.91 Å². The third-order valence-corrected chi connectivity index (χ3v) is 5.37. The summed E-state index contributed by atoms with van der Waals surface area (Å²) in [4.78, 5) is 30.2. The zero-order valence-corrected chi connectivity index (χ0v) is 15.8. The molecule has 4 rings (SSSR count). The van der Waals surface area contributed by atoms with E-state index in [2.05, 4.69) is 56.0 Å². The van der Waals surface area contributed by atoms with E-state index in [1.165, 1.54) is 5.69 Å². The summed E-state index contributed by atoms with van der Waals surface area (Å²) in [5.74, 6) is 0.827. The van der Waals surface area contributed by atoms with Gasteiger partial charge in [0, 0.05) is 58.0 Å².